The zero-order valence-corrected chi connectivity index (χ0v) is 24.2. The van der Waals surface area contributed by atoms with E-state index in [0.717, 1.165) is 0 Å². The number of aryl methyl sites for hydroxylation is 1. The lowest BCUT2D eigenvalue weighted by Gasteiger charge is -2.37. The van der Waals surface area contributed by atoms with E-state index in [-0.39, 0.29) is 43.9 Å². The minimum atomic E-state index is -0.679. The third-order valence-electron chi connectivity index (χ3n) is 6.16. The van der Waals surface area contributed by atoms with E-state index in [4.69, 9.17) is 45.0 Å². The molecular formula is C25H19Cl3N6O3S2. The van der Waals surface area contributed by atoms with Crippen molar-refractivity contribution in [2.24, 2.45) is 5.73 Å². The molecule has 0 radical (unpaired) electrons. The van der Waals surface area contributed by atoms with Gasteiger partial charge in [-0.3, -0.25) is 14.5 Å². The fourth-order valence-electron chi connectivity index (χ4n) is 4.48. The summed E-state index contributed by atoms with van der Waals surface area (Å²) in [6.07, 6.45) is 1.59. The van der Waals surface area contributed by atoms with E-state index >= 15 is 0 Å². The monoisotopic (exact) mass is 620 g/mol. The summed E-state index contributed by atoms with van der Waals surface area (Å²) in [5, 5.41) is 22.4. The van der Waals surface area contributed by atoms with Crippen LogP contribution in [0.15, 0.2) is 55.7 Å². The number of furan rings is 1. The number of aromatic nitrogens is 2. The number of thioether (sulfide) groups is 1. The number of Topliss-reactive ketones (excluding diaryl/α,β-unsaturated/α-hetero) is 1. The minimum absolute atomic E-state index is 0.0202. The lowest BCUT2D eigenvalue weighted by Crippen LogP contribution is -2.38. The fraction of sp³-hybridized carbons (Fsp3) is 0.240. The molecule has 0 saturated heterocycles. The Morgan fingerprint density at radius 1 is 1.26 bits per heavy atom. The van der Waals surface area contributed by atoms with Crippen LogP contribution in [0.4, 0.5) is 10.8 Å². The molecular weight excluding hydrogens is 603 g/mol. The number of anilines is 2. The molecule has 2 aliphatic rings. The average Bonchev–Trinajstić information content (AvgIpc) is 3.54. The number of carbonyl (C=O) groups excluding carboxylic acids is 2. The van der Waals surface area contributed by atoms with E-state index in [2.05, 4.69) is 21.6 Å². The highest BCUT2D eigenvalue weighted by Gasteiger charge is 2.42. The van der Waals surface area contributed by atoms with Crippen LogP contribution in [-0.4, -0.2) is 27.6 Å². The number of rotatable bonds is 6. The molecule has 0 fully saturated rings. The van der Waals surface area contributed by atoms with Crippen LogP contribution < -0.4 is 16.0 Å². The second kappa shape index (κ2) is 11.2. The number of nitrogens with zero attached hydrogens (tertiary/aromatic N) is 4. The number of nitrogens with two attached hydrogens (primary N) is 1. The lowest BCUT2D eigenvalue weighted by molar-refractivity contribution is -0.116. The zero-order chi connectivity index (χ0) is 27.8. The Balaban J connectivity index is 1.39. The topological polar surface area (TPSA) is 138 Å². The maximum Gasteiger partial charge on any atom is 0.234 e. The Bertz CT molecular complexity index is 1610. The summed E-state index contributed by atoms with van der Waals surface area (Å²) in [4.78, 5) is 27.3. The number of halogens is 3. The molecule has 1 atom stereocenters. The first-order valence-electron chi connectivity index (χ1n) is 11.6. The molecule has 0 spiro atoms. The van der Waals surface area contributed by atoms with Crippen LogP contribution in [0.1, 0.15) is 36.7 Å². The number of carbonyl (C=O) groups is 2. The number of nitriles is 1. The molecule has 1 unspecified atom stereocenters. The van der Waals surface area contributed by atoms with Crippen LogP contribution in [0.3, 0.4) is 0 Å². The van der Waals surface area contributed by atoms with Crippen molar-refractivity contribution < 1.29 is 14.0 Å². The van der Waals surface area contributed by atoms with Crippen LogP contribution >= 0.6 is 57.9 Å². The molecule has 14 heteroatoms. The lowest BCUT2D eigenvalue weighted by atomic mass is 9.78. The summed E-state index contributed by atoms with van der Waals surface area (Å²) < 4.78 is 6.33. The maximum atomic E-state index is 13.2. The van der Waals surface area contributed by atoms with E-state index in [1.807, 2.05) is 0 Å². The minimum Gasteiger partial charge on any atom is -0.465 e. The van der Waals surface area contributed by atoms with Gasteiger partial charge in [0.2, 0.25) is 11.0 Å². The van der Waals surface area contributed by atoms with Gasteiger partial charge in [-0.1, -0.05) is 57.9 Å². The standard InChI is InChI=1S/C25H19Cl3N6O3S2/c1-11-5-6-19(37-11)21-12(9-29)23(30)34(17-3-2-4-18(35)22(17)21)24-32-33-25(39-24)38-10-20(36)31-16-8-14(27)13(26)7-15(16)28/h5-8,21H,2-4,10,30H2,1H3,(H,31,36). The summed E-state index contributed by atoms with van der Waals surface area (Å²) in [6.45, 7) is 1.80. The highest BCUT2D eigenvalue weighted by Crippen LogP contribution is 2.47. The number of ketones is 1. The van der Waals surface area contributed by atoms with Gasteiger partial charge in [-0.05, 0) is 44.0 Å². The van der Waals surface area contributed by atoms with Crippen molar-refractivity contribution in [3.8, 4) is 6.07 Å². The van der Waals surface area contributed by atoms with Crippen molar-refractivity contribution in [3.05, 3.63) is 73.5 Å². The molecule has 39 heavy (non-hydrogen) atoms. The largest absolute Gasteiger partial charge is 0.465 e. The number of hydrogen-bond acceptors (Lipinski definition) is 10. The Kier molecular flexibility index (Phi) is 7.94. The highest BCUT2D eigenvalue weighted by atomic mass is 35.5. The van der Waals surface area contributed by atoms with Crippen LogP contribution in [0, 0.1) is 18.3 Å². The van der Waals surface area contributed by atoms with Crippen molar-refractivity contribution in [1.82, 2.24) is 10.2 Å². The van der Waals surface area contributed by atoms with Crippen LogP contribution in [-0.2, 0) is 9.59 Å². The van der Waals surface area contributed by atoms with Crippen molar-refractivity contribution in [2.45, 2.75) is 36.4 Å². The molecule has 3 aromatic rings. The smallest absolute Gasteiger partial charge is 0.234 e. The quantitative estimate of drug-likeness (QED) is 0.235. The number of hydrogen-bond donors (Lipinski definition) is 2. The van der Waals surface area contributed by atoms with E-state index in [9.17, 15) is 14.9 Å². The second-order valence-electron chi connectivity index (χ2n) is 8.70. The van der Waals surface area contributed by atoms with E-state index in [1.54, 1.807) is 24.0 Å². The van der Waals surface area contributed by atoms with Crippen molar-refractivity contribution in [2.75, 3.05) is 16.0 Å². The van der Waals surface area contributed by atoms with Crippen molar-refractivity contribution in [3.63, 3.8) is 0 Å². The molecule has 3 heterocycles. The molecule has 1 aliphatic heterocycles. The maximum absolute atomic E-state index is 13.2. The van der Waals surface area contributed by atoms with Gasteiger partial charge in [0.1, 0.15) is 17.3 Å². The molecule has 1 amide bonds. The normalized spacial score (nSPS) is 17.4. The van der Waals surface area contributed by atoms with Crippen LogP contribution in [0.25, 0.3) is 0 Å². The number of allylic oxidation sites excluding steroid dienone is 3. The molecule has 5 rings (SSSR count). The number of nitrogens with one attached hydrogen (secondary N) is 1. The van der Waals surface area contributed by atoms with Crippen molar-refractivity contribution in [1.29, 1.82) is 5.26 Å². The molecule has 9 nitrogen and oxygen atoms in total. The number of benzene rings is 1. The van der Waals surface area contributed by atoms with E-state index < -0.39 is 5.92 Å². The fourth-order valence-corrected chi connectivity index (χ4v) is 6.76. The van der Waals surface area contributed by atoms with E-state index in [1.165, 1.54) is 35.2 Å². The summed E-state index contributed by atoms with van der Waals surface area (Å²) in [6, 6.07) is 8.67. The Morgan fingerprint density at radius 3 is 2.74 bits per heavy atom. The predicted molar refractivity (Wildman–Crippen MR) is 152 cm³/mol. The average molecular weight is 622 g/mol. The molecule has 2 aromatic heterocycles. The molecule has 1 aliphatic carbocycles. The van der Waals surface area contributed by atoms with Gasteiger partial charge in [0.15, 0.2) is 10.1 Å². The van der Waals surface area contributed by atoms with Gasteiger partial charge in [0.25, 0.3) is 0 Å². The van der Waals surface area contributed by atoms with Crippen LogP contribution in [0.5, 0.6) is 0 Å². The predicted octanol–water partition coefficient (Wildman–Crippen LogP) is 6.44. The van der Waals surface area contributed by atoms with Gasteiger partial charge in [0, 0.05) is 17.7 Å². The van der Waals surface area contributed by atoms with Crippen molar-refractivity contribution >= 4 is 80.4 Å². The van der Waals surface area contributed by atoms with Gasteiger partial charge in [-0.2, -0.15) is 5.26 Å². The zero-order valence-electron chi connectivity index (χ0n) is 20.3. The summed E-state index contributed by atoms with van der Waals surface area (Å²) in [5.74, 6) is 0.289. The van der Waals surface area contributed by atoms with Crippen LogP contribution in [0.2, 0.25) is 15.1 Å². The number of amides is 1. The van der Waals surface area contributed by atoms with Gasteiger partial charge in [-0.15, -0.1) is 10.2 Å². The molecule has 0 saturated carbocycles. The Morgan fingerprint density at radius 2 is 2.03 bits per heavy atom. The molecule has 200 valence electrons. The second-order valence-corrected chi connectivity index (χ2v) is 12.1. The SMILES string of the molecule is Cc1ccc(C2C(C#N)=C(N)N(c3nnc(SCC(=O)Nc4cc(Cl)c(Cl)cc4Cl)s3)C3=C2C(=O)CCC3)o1. The Hall–Kier alpha value is -3.01. The third-order valence-corrected chi connectivity index (χ3v) is 9.23. The molecule has 0 bridgehead atoms. The van der Waals surface area contributed by atoms with Gasteiger partial charge >= 0.3 is 0 Å². The van der Waals surface area contributed by atoms with Gasteiger partial charge in [-0.25, -0.2) is 0 Å². The first-order valence-corrected chi connectivity index (χ1v) is 14.5. The first-order chi connectivity index (χ1) is 18.7. The first kappa shape index (κ1) is 27.6. The molecule has 1 aromatic carbocycles. The van der Waals surface area contributed by atoms with E-state index in [0.29, 0.717) is 57.2 Å². The Labute approximate surface area is 246 Å². The van der Waals surface area contributed by atoms with Gasteiger partial charge < -0.3 is 15.5 Å². The highest BCUT2D eigenvalue weighted by molar-refractivity contribution is 8.01. The molecule has 3 N–H and O–H groups in total. The summed E-state index contributed by atoms with van der Waals surface area (Å²) in [7, 11) is 0. The van der Waals surface area contributed by atoms with Gasteiger partial charge in [0.05, 0.1) is 44.1 Å². The summed E-state index contributed by atoms with van der Waals surface area (Å²) in [5.41, 5.74) is 8.26. The summed E-state index contributed by atoms with van der Waals surface area (Å²) >= 11 is 20.5. The third kappa shape index (κ3) is 5.40.